The van der Waals surface area contributed by atoms with Gasteiger partial charge in [-0.05, 0) is 15.4 Å². The van der Waals surface area contributed by atoms with Crippen LogP contribution in [0.15, 0.2) is 0 Å². The second kappa shape index (κ2) is 4.26. The van der Waals surface area contributed by atoms with E-state index in [-0.39, 0.29) is 18.9 Å². The molecule has 5 heteroatoms. The molecule has 0 amide bonds. The molecule has 2 nitrogen and oxygen atoms in total. The number of nitrogens with one attached hydrogen (secondary N) is 1. The third kappa shape index (κ3) is 5.23. The van der Waals surface area contributed by atoms with Gasteiger partial charge in [-0.15, -0.1) is 0 Å². The maximum atomic E-state index is 7.89. The van der Waals surface area contributed by atoms with E-state index in [4.69, 9.17) is 5.40 Å². The molecule has 62 valence electrons. The first-order valence-corrected chi connectivity index (χ1v) is 10.0. The van der Waals surface area contributed by atoms with Crippen LogP contribution in [0.3, 0.4) is 0 Å². The smallest absolute Gasteiger partial charge is 0.668 e. The van der Waals surface area contributed by atoms with E-state index in [1.165, 1.54) is 0 Å². The van der Waals surface area contributed by atoms with Gasteiger partial charge in [0.2, 0.25) is 0 Å². The number of nitrogens with zero attached hydrogens (tertiary/aromatic N) is 1. The quantitative estimate of drug-likeness (QED) is 0.530. The van der Waals surface area contributed by atoms with E-state index in [1.807, 2.05) is 0 Å². The van der Waals surface area contributed by atoms with Crippen molar-refractivity contribution in [2.24, 2.45) is 0 Å². The van der Waals surface area contributed by atoms with Gasteiger partial charge in [-0.25, -0.2) is 0 Å². The zero-order valence-corrected chi connectivity index (χ0v) is 10.9. The normalized spacial score (nSPS) is 13.1. The van der Waals surface area contributed by atoms with E-state index in [2.05, 4.69) is 44.0 Å². The average molecular weight is 182 g/mol. The Morgan fingerprint density at radius 3 is 1.27 bits per heavy atom. The van der Waals surface area contributed by atoms with Crippen LogP contribution >= 0.6 is 0 Å². The SMILES string of the molecule is CN([Si](C)(C)C)[Si](C)(C)[NH-].[Li+]. The summed E-state index contributed by atoms with van der Waals surface area (Å²) in [5.41, 5.74) is 0. The van der Waals surface area contributed by atoms with E-state index < -0.39 is 16.6 Å². The first kappa shape index (κ1) is 14.5. The molecule has 0 saturated carbocycles. The summed E-state index contributed by atoms with van der Waals surface area (Å²) in [6.07, 6.45) is 0. The molecule has 0 bridgehead atoms. The van der Waals surface area contributed by atoms with E-state index in [1.54, 1.807) is 0 Å². The van der Waals surface area contributed by atoms with Crippen LogP contribution in [0, 0.1) is 0 Å². The van der Waals surface area contributed by atoms with Crippen molar-refractivity contribution < 1.29 is 18.9 Å². The summed E-state index contributed by atoms with van der Waals surface area (Å²) < 4.78 is 2.32. The molecule has 0 spiro atoms. The van der Waals surface area contributed by atoms with Gasteiger partial charge in [0.1, 0.15) is 8.24 Å². The molecule has 0 rings (SSSR count). The summed E-state index contributed by atoms with van der Waals surface area (Å²) in [6.45, 7) is 11.0. The Hall–Kier alpha value is 0.951. The number of rotatable bonds is 2. The third-order valence-corrected chi connectivity index (χ3v) is 9.22. The molecule has 0 fully saturated rings. The monoisotopic (exact) mass is 182 g/mol. The maximum Gasteiger partial charge on any atom is 1.00 e. The van der Waals surface area contributed by atoms with Crippen molar-refractivity contribution in [2.75, 3.05) is 7.05 Å². The van der Waals surface area contributed by atoms with Gasteiger partial charge in [0.25, 0.3) is 0 Å². The standard InChI is InChI=1S/C6H19N2Si2.Li/c1-8(9(2,3)4)10(5,6)7;/h7H,1-6H3;/q-1;+1. The minimum absolute atomic E-state index is 0. The Morgan fingerprint density at radius 1 is 1.00 bits per heavy atom. The van der Waals surface area contributed by atoms with Gasteiger partial charge < -0.3 is 9.63 Å². The van der Waals surface area contributed by atoms with Crippen molar-refractivity contribution in [1.29, 1.82) is 0 Å². The van der Waals surface area contributed by atoms with Crippen LogP contribution in [0.1, 0.15) is 0 Å². The fraction of sp³-hybridized carbons (Fsp3) is 1.00. The summed E-state index contributed by atoms with van der Waals surface area (Å²) in [7, 11) is -0.837. The van der Waals surface area contributed by atoms with Crippen molar-refractivity contribution >= 4 is 16.6 Å². The minimum Gasteiger partial charge on any atom is -0.668 e. The predicted octanol–water partition coefficient (Wildman–Crippen LogP) is -0.489. The summed E-state index contributed by atoms with van der Waals surface area (Å²) >= 11 is 0. The van der Waals surface area contributed by atoms with Crippen LogP contribution in [-0.4, -0.2) is 27.9 Å². The zero-order chi connectivity index (χ0) is 8.58. The molecule has 0 heterocycles. The first-order valence-electron chi connectivity index (χ1n) is 3.64. The third-order valence-electron chi connectivity index (χ3n) is 1.84. The molecular formula is C6H19LiN2Si2. The Bertz CT molecular complexity index is 103. The maximum absolute atomic E-state index is 7.89. The molecule has 11 heavy (non-hydrogen) atoms. The molecule has 0 aromatic rings. The fourth-order valence-corrected chi connectivity index (χ4v) is 7.55. The van der Waals surface area contributed by atoms with Gasteiger partial charge in [-0.1, -0.05) is 32.7 Å². The van der Waals surface area contributed by atoms with Crippen molar-refractivity contribution in [2.45, 2.75) is 32.7 Å². The summed E-state index contributed by atoms with van der Waals surface area (Å²) in [4.78, 5) is 0. The van der Waals surface area contributed by atoms with Crippen LogP contribution in [0.4, 0.5) is 0 Å². The predicted molar refractivity (Wildman–Crippen MR) is 52.9 cm³/mol. The second-order valence-electron chi connectivity index (χ2n) is 4.29. The summed E-state index contributed by atoms with van der Waals surface area (Å²) in [6, 6.07) is 0. The van der Waals surface area contributed by atoms with Gasteiger partial charge in [0, 0.05) is 0 Å². The van der Waals surface area contributed by atoms with Crippen LogP contribution in [-0.2, 0) is 0 Å². The van der Waals surface area contributed by atoms with Crippen LogP contribution in [0.2, 0.25) is 32.7 Å². The van der Waals surface area contributed by atoms with Crippen LogP contribution < -0.4 is 18.9 Å². The molecule has 0 atom stereocenters. The van der Waals surface area contributed by atoms with Gasteiger partial charge in [0.15, 0.2) is 0 Å². The van der Waals surface area contributed by atoms with Crippen molar-refractivity contribution in [3.8, 4) is 0 Å². The first-order chi connectivity index (χ1) is 4.15. The number of hydrogen-bond acceptors (Lipinski definition) is 1. The topological polar surface area (TPSA) is 27.0 Å². The number of hydrogen-bond donors (Lipinski definition) is 0. The molecule has 0 aliphatic heterocycles. The Kier molecular flexibility index (Phi) is 5.61. The Morgan fingerprint density at radius 2 is 1.27 bits per heavy atom. The van der Waals surface area contributed by atoms with Gasteiger partial charge in [0.05, 0.1) is 0 Å². The Labute approximate surface area is 85.0 Å². The van der Waals surface area contributed by atoms with Crippen molar-refractivity contribution in [3.05, 3.63) is 5.40 Å². The summed E-state index contributed by atoms with van der Waals surface area (Å²) in [5.74, 6) is 0. The molecule has 0 aromatic heterocycles. The summed E-state index contributed by atoms with van der Waals surface area (Å²) in [5, 5.41) is 7.89. The largest absolute Gasteiger partial charge is 1.00 e. The molecule has 0 aromatic carbocycles. The van der Waals surface area contributed by atoms with E-state index in [0.717, 1.165) is 0 Å². The molecule has 0 saturated heterocycles. The van der Waals surface area contributed by atoms with E-state index >= 15 is 0 Å². The molecular weight excluding hydrogens is 163 g/mol. The average Bonchev–Trinajstić information content (AvgIpc) is 1.59. The van der Waals surface area contributed by atoms with Gasteiger partial charge in [-0.2, -0.15) is 0 Å². The molecule has 0 aliphatic rings. The minimum atomic E-state index is -1.75. The van der Waals surface area contributed by atoms with E-state index in [0.29, 0.717) is 0 Å². The van der Waals surface area contributed by atoms with Crippen molar-refractivity contribution in [1.82, 2.24) is 4.23 Å². The Balaban J connectivity index is 0. The second-order valence-corrected chi connectivity index (χ2v) is 13.5. The van der Waals surface area contributed by atoms with Gasteiger partial charge >= 0.3 is 18.9 Å². The fourth-order valence-electron chi connectivity index (χ4n) is 0.839. The van der Waals surface area contributed by atoms with Crippen LogP contribution in [0.25, 0.3) is 5.40 Å². The van der Waals surface area contributed by atoms with Gasteiger partial charge in [-0.3, -0.25) is 0 Å². The van der Waals surface area contributed by atoms with E-state index in [9.17, 15) is 0 Å². The van der Waals surface area contributed by atoms with Crippen molar-refractivity contribution in [3.63, 3.8) is 0 Å². The molecule has 0 unspecified atom stereocenters. The van der Waals surface area contributed by atoms with Crippen LogP contribution in [0.5, 0.6) is 0 Å². The molecule has 1 N–H and O–H groups in total. The molecule has 0 aliphatic carbocycles. The molecule has 0 radical (unpaired) electrons. The zero-order valence-electron chi connectivity index (χ0n) is 8.95.